The number of hydrogen-bond donors (Lipinski definition) is 7. The number of hydrogen-bond acceptors (Lipinski definition) is 13. The van der Waals surface area contributed by atoms with Gasteiger partial charge in [0.2, 0.25) is 0 Å². The van der Waals surface area contributed by atoms with E-state index in [0.29, 0.717) is 31.0 Å². The van der Waals surface area contributed by atoms with Crippen molar-refractivity contribution in [3.63, 3.8) is 0 Å². The Bertz CT molecular complexity index is 2610. The van der Waals surface area contributed by atoms with E-state index >= 15 is 0 Å². The average molecular weight is 930 g/mol. The van der Waals surface area contributed by atoms with Gasteiger partial charge in [0, 0.05) is 87.9 Å². The third kappa shape index (κ3) is 14.6. The minimum absolute atomic E-state index is 0.171. The van der Waals surface area contributed by atoms with Crippen molar-refractivity contribution in [3.8, 4) is 0 Å². The minimum atomic E-state index is -4.17. The van der Waals surface area contributed by atoms with Gasteiger partial charge < -0.3 is 36.8 Å². The summed E-state index contributed by atoms with van der Waals surface area (Å²) in [6, 6.07) is 44.9. The van der Waals surface area contributed by atoms with E-state index in [-0.39, 0.29) is 30.8 Å². The van der Waals surface area contributed by atoms with Crippen LogP contribution in [0.2, 0.25) is 0 Å². The summed E-state index contributed by atoms with van der Waals surface area (Å²) < 4.78 is 96.8. The molecule has 6 aromatic carbocycles. The third-order valence-corrected chi connectivity index (χ3v) is 12.5. The standard InChI is InChI=1S/C45H51N7O9S3/c46-34-4-16-40(17-5-34)50(28-1-31-62(53,54)55)42-20-8-36(9-21-42)48-38-12-24-44(25-13-38)52(30-3-33-64(59,60)61)45-26-14-39(15-27-45)49-37-10-22-43(23-11-37)51(29-2-32-63(56,57)58)41-18-6-35(47)7-19-41/h4-27,48-49H,1-3,28-33,46-47H2,(H,53,54,55)(H,56,57,58)(H,59,60,61). The van der Waals surface area contributed by atoms with Crippen molar-refractivity contribution in [2.45, 2.75) is 19.3 Å². The highest BCUT2D eigenvalue weighted by atomic mass is 32.2. The van der Waals surface area contributed by atoms with Gasteiger partial charge in [-0.2, -0.15) is 25.3 Å². The first-order valence-corrected chi connectivity index (χ1v) is 25.0. The van der Waals surface area contributed by atoms with Crippen LogP contribution in [0.3, 0.4) is 0 Å². The summed E-state index contributed by atoms with van der Waals surface area (Å²) in [7, 11) is -12.4. The van der Waals surface area contributed by atoms with Crippen molar-refractivity contribution in [3.05, 3.63) is 146 Å². The fourth-order valence-corrected chi connectivity index (χ4v) is 8.46. The van der Waals surface area contributed by atoms with Crippen LogP contribution in [-0.4, -0.2) is 75.8 Å². The van der Waals surface area contributed by atoms with Crippen LogP contribution < -0.4 is 36.8 Å². The van der Waals surface area contributed by atoms with Gasteiger partial charge in [-0.1, -0.05) is 0 Å². The molecule has 19 heteroatoms. The maximum Gasteiger partial charge on any atom is 0.264 e. The second-order valence-electron chi connectivity index (χ2n) is 15.0. The van der Waals surface area contributed by atoms with Gasteiger partial charge in [-0.25, -0.2) is 0 Å². The van der Waals surface area contributed by atoms with Crippen LogP contribution in [0.25, 0.3) is 0 Å². The van der Waals surface area contributed by atoms with E-state index in [1.165, 1.54) is 0 Å². The molecule has 0 heterocycles. The second-order valence-corrected chi connectivity index (χ2v) is 19.7. The molecule has 338 valence electrons. The van der Waals surface area contributed by atoms with E-state index in [0.717, 1.165) is 56.9 Å². The molecule has 0 unspecified atom stereocenters. The number of nitrogens with one attached hydrogen (secondary N) is 2. The molecular formula is C45H51N7O9S3. The highest BCUT2D eigenvalue weighted by molar-refractivity contribution is 7.86. The Morgan fingerprint density at radius 1 is 0.344 bits per heavy atom. The van der Waals surface area contributed by atoms with Gasteiger partial charge in [0.25, 0.3) is 30.4 Å². The minimum Gasteiger partial charge on any atom is -0.399 e. The summed E-state index contributed by atoms with van der Waals surface area (Å²) in [5, 5.41) is 6.78. The Morgan fingerprint density at radius 3 is 0.719 bits per heavy atom. The molecule has 9 N–H and O–H groups in total. The summed E-state index contributed by atoms with van der Waals surface area (Å²) in [5.74, 6) is -1.14. The van der Waals surface area contributed by atoms with Gasteiger partial charge in [0.1, 0.15) is 0 Å². The topological polar surface area (TPSA) is 249 Å². The number of nitrogens with zero attached hydrogens (tertiary/aromatic N) is 3. The van der Waals surface area contributed by atoms with Crippen molar-refractivity contribution in [1.82, 2.24) is 0 Å². The van der Waals surface area contributed by atoms with E-state index < -0.39 is 36.1 Å². The molecule has 0 bridgehead atoms. The van der Waals surface area contributed by atoms with E-state index in [9.17, 15) is 38.9 Å². The highest BCUT2D eigenvalue weighted by Crippen LogP contribution is 2.33. The highest BCUT2D eigenvalue weighted by Gasteiger charge is 2.16. The Labute approximate surface area is 374 Å². The van der Waals surface area contributed by atoms with Crippen molar-refractivity contribution in [1.29, 1.82) is 0 Å². The van der Waals surface area contributed by atoms with Crippen molar-refractivity contribution in [2.24, 2.45) is 0 Å². The van der Waals surface area contributed by atoms with Gasteiger partial charge in [0.15, 0.2) is 0 Å². The van der Waals surface area contributed by atoms with Crippen LogP contribution in [0.5, 0.6) is 0 Å². The molecule has 16 nitrogen and oxygen atoms in total. The Hall–Kier alpha value is -6.35. The predicted octanol–water partition coefficient (Wildman–Crippen LogP) is 8.59. The lowest BCUT2D eigenvalue weighted by Crippen LogP contribution is -2.21. The smallest absolute Gasteiger partial charge is 0.264 e. The first-order valence-electron chi connectivity index (χ1n) is 20.2. The summed E-state index contributed by atoms with van der Waals surface area (Å²) in [6.07, 6.45) is 0.585. The Morgan fingerprint density at radius 2 is 0.531 bits per heavy atom. The average Bonchev–Trinajstić information content (AvgIpc) is 3.24. The molecule has 0 aliphatic rings. The normalized spacial score (nSPS) is 11.8. The Balaban J connectivity index is 1.14. The summed E-state index contributed by atoms with van der Waals surface area (Å²) >= 11 is 0. The summed E-state index contributed by atoms with van der Waals surface area (Å²) in [5.41, 5.74) is 21.0. The molecule has 0 fully saturated rings. The zero-order valence-corrected chi connectivity index (χ0v) is 37.2. The van der Waals surface area contributed by atoms with Crippen molar-refractivity contribution >= 4 is 98.6 Å². The molecular weight excluding hydrogens is 879 g/mol. The maximum atomic E-state index is 11.6. The predicted molar refractivity (Wildman–Crippen MR) is 258 cm³/mol. The van der Waals surface area contributed by atoms with E-state index in [2.05, 4.69) is 10.6 Å². The van der Waals surface area contributed by atoms with Gasteiger partial charge in [-0.05, 0) is 165 Å². The number of rotatable bonds is 22. The lowest BCUT2D eigenvalue weighted by molar-refractivity contribution is 0.479. The van der Waals surface area contributed by atoms with E-state index in [4.69, 9.17) is 11.5 Å². The molecule has 64 heavy (non-hydrogen) atoms. The zero-order chi connectivity index (χ0) is 45.9. The molecule has 0 saturated heterocycles. The number of nitrogens with two attached hydrogens (primary N) is 2. The fraction of sp³-hybridized carbons (Fsp3) is 0.200. The fourth-order valence-electron chi connectivity index (χ4n) is 6.98. The van der Waals surface area contributed by atoms with Gasteiger partial charge in [-0.3, -0.25) is 13.7 Å². The molecule has 0 radical (unpaired) electrons. The largest absolute Gasteiger partial charge is 0.399 e. The van der Waals surface area contributed by atoms with Crippen LogP contribution in [0.15, 0.2) is 146 Å². The molecule has 0 aliphatic carbocycles. The van der Waals surface area contributed by atoms with Crippen LogP contribution in [0.4, 0.5) is 68.2 Å². The molecule has 6 rings (SSSR count). The maximum absolute atomic E-state index is 11.6. The quantitative estimate of drug-likeness (QED) is 0.0249. The summed E-state index contributed by atoms with van der Waals surface area (Å²) in [4.78, 5) is 5.85. The molecule has 0 atom stereocenters. The molecule has 0 amide bonds. The van der Waals surface area contributed by atoms with Gasteiger partial charge >= 0.3 is 0 Å². The molecule has 0 aromatic heterocycles. The Kier molecular flexibility index (Phi) is 15.4. The van der Waals surface area contributed by atoms with Crippen LogP contribution in [-0.2, 0) is 30.4 Å². The van der Waals surface area contributed by atoms with Crippen LogP contribution >= 0.6 is 0 Å². The summed E-state index contributed by atoms with van der Waals surface area (Å²) in [6.45, 7) is 0.973. The monoisotopic (exact) mass is 929 g/mol. The molecule has 0 spiro atoms. The number of anilines is 12. The van der Waals surface area contributed by atoms with Crippen LogP contribution in [0, 0.1) is 0 Å². The van der Waals surface area contributed by atoms with Crippen LogP contribution in [0.1, 0.15) is 19.3 Å². The van der Waals surface area contributed by atoms with Gasteiger partial charge in [0.05, 0.1) is 17.3 Å². The zero-order valence-electron chi connectivity index (χ0n) is 34.7. The lowest BCUT2D eigenvalue weighted by atomic mass is 10.1. The van der Waals surface area contributed by atoms with E-state index in [1.54, 1.807) is 24.3 Å². The third-order valence-electron chi connectivity index (χ3n) is 10.1. The SMILES string of the molecule is Nc1ccc(N(CCCS(=O)(=O)O)c2ccc(Nc3ccc(N(CCCS(=O)(=O)O)c4ccc(Nc5ccc(N(CCCS(=O)(=O)O)c6ccc(N)cc6)cc5)cc4)cc3)cc2)cc1. The lowest BCUT2D eigenvalue weighted by Gasteiger charge is -2.26. The van der Waals surface area contributed by atoms with Crippen molar-refractivity contribution < 1.29 is 38.9 Å². The van der Waals surface area contributed by atoms with Gasteiger partial charge in [-0.15, -0.1) is 0 Å². The molecule has 0 saturated carbocycles. The number of nitrogen functional groups attached to an aromatic ring is 2. The first kappa shape index (κ1) is 47.1. The first-order chi connectivity index (χ1) is 30.4. The number of benzene rings is 6. The van der Waals surface area contributed by atoms with Crippen molar-refractivity contribution in [2.75, 3.05) is 73.7 Å². The second kappa shape index (κ2) is 20.9. The molecule has 6 aromatic rings. The molecule has 0 aliphatic heterocycles. The van der Waals surface area contributed by atoms with E-state index in [1.807, 2.05) is 136 Å².